The molecule has 120 valence electrons. The zero-order chi connectivity index (χ0) is 17.6. The lowest BCUT2D eigenvalue weighted by atomic mass is 9.93. The van der Waals surface area contributed by atoms with E-state index in [4.69, 9.17) is 6.57 Å². The first-order valence-electron chi connectivity index (χ1n) is 7.92. The number of aryl methyl sites for hydroxylation is 3. The van der Waals surface area contributed by atoms with Gasteiger partial charge in [0.05, 0.1) is 17.5 Å². The Kier molecular flexibility index (Phi) is 3.85. The summed E-state index contributed by atoms with van der Waals surface area (Å²) >= 11 is 0. The van der Waals surface area contributed by atoms with Crippen LogP contribution < -0.4 is 4.57 Å². The molecule has 24 heavy (non-hydrogen) atoms. The van der Waals surface area contributed by atoms with Gasteiger partial charge >= 0.3 is 0 Å². The summed E-state index contributed by atoms with van der Waals surface area (Å²) in [7, 11) is 1.96. The lowest BCUT2D eigenvalue weighted by molar-refractivity contribution is -0.665. The summed E-state index contributed by atoms with van der Waals surface area (Å²) in [5.74, 6) is -0.171. The van der Waals surface area contributed by atoms with Crippen molar-refractivity contribution in [2.45, 2.75) is 27.7 Å². The van der Waals surface area contributed by atoms with Crippen molar-refractivity contribution in [3.05, 3.63) is 70.0 Å². The third kappa shape index (κ3) is 2.35. The molecule has 1 aromatic heterocycles. The van der Waals surface area contributed by atoms with Crippen LogP contribution in [0.25, 0.3) is 26.9 Å². The fourth-order valence-corrected chi connectivity index (χ4v) is 3.27. The van der Waals surface area contributed by atoms with Crippen LogP contribution in [0, 0.1) is 40.1 Å². The van der Waals surface area contributed by atoms with Gasteiger partial charge in [-0.15, -0.1) is 0 Å². The van der Waals surface area contributed by atoms with Gasteiger partial charge in [0.25, 0.3) is 0 Å². The summed E-state index contributed by atoms with van der Waals surface area (Å²) < 4.78 is 17.1. The molecule has 0 fully saturated rings. The molecule has 0 unspecified atom stereocenters. The third-order valence-corrected chi connectivity index (χ3v) is 4.85. The summed E-state index contributed by atoms with van der Waals surface area (Å²) in [6, 6.07) is 9.53. The molecule has 2 aromatic carbocycles. The smallest absolute Gasteiger partial charge is 0.223 e. The van der Waals surface area contributed by atoms with Crippen molar-refractivity contribution in [1.82, 2.24) is 0 Å². The highest BCUT2D eigenvalue weighted by atomic mass is 19.1. The first kappa shape index (κ1) is 16.1. The van der Waals surface area contributed by atoms with E-state index in [1.165, 1.54) is 0 Å². The van der Waals surface area contributed by atoms with E-state index in [0.29, 0.717) is 16.8 Å². The normalized spacial score (nSPS) is 10.9. The average molecular weight is 319 g/mol. The number of pyridine rings is 1. The number of halogens is 1. The van der Waals surface area contributed by atoms with Crippen LogP contribution in [0.4, 0.5) is 10.1 Å². The van der Waals surface area contributed by atoms with E-state index in [2.05, 4.69) is 4.85 Å². The monoisotopic (exact) mass is 319 g/mol. The molecule has 1 heterocycles. The minimum Gasteiger partial charge on any atom is -0.238 e. The van der Waals surface area contributed by atoms with Gasteiger partial charge in [0.2, 0.25) is 5.69 Å². The SMILES string of the molecule is [C-]#[N+]c1ccc2c(-c3c(C)c(C)cc(C)c3F)[n+](C)c(C)cc2c1. The molecule has 3 heteroatoms. The standard InChI is InChI=1S/C21H20FN2/c1-12-9-13(2)20(22)19(15(12)4)21-18-8-7-17(23-5)11-16(18)10-14(3)24(21)6/h7-11H,1-4,6H3/q+1. The Morgan fingerprint density at radius 1 is 1.00 bits per heavy atom. The van der Waals surface area contributed by atoms with Crippen LogP contribution in [0.1, 0.15) is 22.4 Å². The molecule has 0 atom stereocenters. The first-order chi connectivity index (χ1) is 11.3. The van der Waals surface area contributed by atoms with Crippen LogP contribution >= 0.6 is 0 Å². The zero-order valence-electron chi connectivity index (χ0n) is 14.7. The largest absolute Gasteiger partial charge is 0.238 e. The molecule has 0 bridgehead atoms. The van der Waals surface area contributed by atoms with Crippen LogP contribution in [-0.4, -0.2) is 0 Å². The number of nitrogens with zero attached hydrogens (tertiary/aromatic N) is 2. The Morgan fingerprint density at radius 3 is 2.38 bits per heavy atom. The minimum atomic E-state index is -0.171. The van der Waals surface area contributed by atoms with Crippen LogP contribution in [-0.2, 0) is 7.05 Å². The predicted molar refractivity (Wildman–Crippen MR) is 95.7 cm³/mol. The fourth-order valence-electron chi connectivity index (χ4n) is 3.27. The quantitative estimate of drug-likeness (QED) is 0.427. The van der Waals surface area contributed by atoms with Gasteiger partial charge in [-0.2, -0.15) is 4.57 Å². The fraction of sp³-hybridized carbons (Fsp3) is 0.238. The molecule has 2 nitrogen and oxygen atoms in total. The molecular weight excluding hydrogens is 299 g/mol. The average Bonchev–Trinajstić information content (AvgIpc) is 2.56. The summed E-state index contributed by atoms with van der Waals surface area (Å²) in [6.45, 7) is 15.0. The van der Waals surface area contributed by atoms with E-state index >= 15 is 4.39 Å². The minimum absolute atomic E-state index is 0.171. The van der Waals surface area contributed by atoms with Crippen molar-refractivity contribution in [3.8, 4) is 11.3 Å². The van der Waals surface area contributed by atoms with E-state index in [0.717, 1.165) is 33.3 Å². The van der Waals surface area contributed by atoms with E-state index in [1.54, 1.807) is 13.0 Å². The number of fused-ring (bicyclic) bond motifs is 1. The van der Waals surface area contributed by atoms with Crippen LogP contribution in [0.3, 0.4) is 0 Å². The van der Waals surface area contributed by atoms with Crippen molar-refractivity contribution in [3.63, 3.8) is 0 Å². The van der Waals surface area contributed by atoms with Gasteiger partial charge in [-0.3, -0.25) is 0 Å². The van der Waals surface area contributed by atoms with Crippen LogP contribution in [0.15, 0.2) is 30.3 Å². The lowest BCUT2D eigenvalue weighted by Gasteiger charge is -2.14. The second kappa shape index (κ2) is 5.72. The molecule has 0 amide bonds. The molecule has 0 aliphatic heterocycles. The van der Waals surface area contributed by atoms with E-state index < -0.39 is 0 Å². The van der Waals surface area contributed by atoms with Gasteiger partial charge < -0.3 is 0 Å². The van der Waals surface area contributed by atoms with Gasteiger partial charge in [0, 0.05) is 13.0 Å². The second-order valence-electron chi connectivity index (χ2n) is 6.40. The summed E-state index contributed by atoms with van der Waals surface area (Å²) in [4.78, 5) is 3.51. The van der Waals surface area contributed by atoms with Gasteiger partial charge in [-0.25, -0.2) is 9.24 Å². The maximum absolute atomic E-state index is 15.1. The number of aromatic nitrogens is 1. The summed E-state index contributed by atoms with van der Waals surface area (Å²) in [5, 5.41) is 1.93. The summed E-state index contributed by atoms with van der Waals surface area (Å²) in [5.41, 5.74) is 5.83. The van der Waals surface area contributed by atoms with E-state index in [1.807, 2.05) is 56.7 Å². The van der Waals surface area contributed by atoms with Gasteiger partial charge in [-0.1, -0.05) is 18.2 Å². The maximum atomic E-state index is 15.1. The maximum Gasteiger partial charge on any atom is 0.223 e. The van der Waals surface area contributed by atoms with Crippen molar-refractivity contribution in [2.24, 2.45) is 7.05 Å². The third-order valence-electron chi connectivity index (χ3n) is 4.85. The van der Waals surface area contributed by atoms with Crippen LogP contribution in [0.2, 0.25) is 0 Å². The van der Waals surface area contributed by atoms with Gasteiger partial charge in [0.1, 0.15) is 12.9 Å². The van der Waals surface area contributed by atoms with Crippen molar-refractivity contribution < 1.29 is 8.96 Å². The predicted octanol–water partition coefficient (Wildman–Crippen LogP) is 5.25. The van der Waals surface area contributed by atoms with Gasteiger partial charge in [0.15, 0.2) is 11.4 Å². The molecular formula is C21H20FN2+. The molecule has 0 N–H and O–H groups in total. The number of hydrogen-bond donors (Lipinski definition) is 0. The topological polar surface area (TPSA) is 8.24 Å². The molecule has 0 saturated carbocycles. The lowest BCUT2D eigenvalue weighted by Crippen LogP contribution is -2.35. The van der Waals surface area contributed by atoms with Crippen molar-refractivity contribution in [2.75, 3.05) is 0 Å². The Bertz CT molecular complexity index is 1000. The van der Waals surface area contributed by atoms with Crippen molar-refractivity contribution in [1.29, 1.82) is 0 Å². The molecule has 3 rings (SSSR count). The zero-order valence-corrected chi connectivity index (χ0v) is 14.7. The second-order valence-corrected chi connectivity index (χ2v) is 6.40. The van der Waals surface area contributed by atoms with Crippen LogP contribution in [0.5, 0.6) is 0 Å². The highest BCUT2D eigenvalue weighted by Crippen LogP contribution is 2.34. The molecule has 0 aliphatic rings. The Balaban J connectivity index is 2.52. The van der Waals surface area contributed by atoms with Crippen molar-refractivity contribution >= 4 is 16.5 Å². The Morgan fingerprint density at radius 2 is 1.71 bits per heavy atom. The molecule has 0 saturated heterocycles. The van der Waals surface area contributed by atoms with E-state index in [-0.39, 0.29) is 5.82 Å². The number of rotatable bonds is 1. The number of benzene rings is 2. The molecule has 3 aromatic rings. The van der Waals surface area contributed by atoms with E-state index in [9.17, 15) is 0 Å². The first-order valence-corrected chi connectivity index (χ1v) is 7.92. The van der Waals surface area contributed by atoms with Gasteiger partial charge in [-0.05, 0) is 48.9 Å². The Hall–Kier alpha value is -2.73. The Labute approximate surface area is 142 Å². The molecule has 0 aliphatic carbocycles. The molecule has 0 spiro atoms. The highest BCUT2D eigenvalue weighted by Gasteiger charge is 2.24. The number of hydrogen-bond acceptors (Lipinski definition) is 0. The summed E-state index contributed by atoms with van der Waals surface area (Å²) in [6.07, 6.45) is 0. The highest BCUT2D eigenvalue weighted by molar-refractivity contribution is 5.96. The molecule has 0 radical (unpaired) electrons.